The molecule has 2 fully saturated rings. The molecule has 2 aliphatic carbocycles. The Labute approximate surface area is 117 Å². The monoisotopic (exact) mass is 267 g/mol. The minimum absolute atomic E-state index is 0.131. The number of aliphatic hydroxyl groups excluding tert-OH is 1. The van der Waals surface area contributed by atoms with E-state index in [0.717, 1.165) is 38.1 Å². The lowest BCUT2D eigenvalue weighted by atomic mass is 9.86. The molecule has 2 saturated carbocycles. The predicted molar refractivity (Wildman–Crippen MR) is 76.8 cm³/mol. The molecule has 19 heavy (non-hydrogen) atoms. The van der Waals surface area contributed by atoms with Crippen LogP contribution in [-0.4, -0.2) is 23.7 Å². The van der Waals surface area contributed by atoms with Gasteiger partial charge in [0.2, 0.25) is 5.91 Å². The van der Waals surface area contributed by atoms with Crippen molar-refractivity contribution in [1.82, 2.24) is 5.32 Å². The first-order valence-electron chi connectivity index (χ1n) is 8.19. The standard InChI is InChI=1S/C16H29NO2/c18-15-10-9-14(11-15)12-17-16(19)8-4-7-13-5-2-1-3-6-13/h13-15,18H,1-12H2,(H,17,19). The van der Waals surface area contributed by atoms with Crippen LogP contribution in [-0.2, 0) is 4.79 Å². The molecule has 2 N–H and O–H groups in total. The van der Waals surface area contributed by atoms with Gasteiger partial charge in [0.15, 0.2) is 0 Å². The molecule has 2 unspecified atom stereocenters. The predicted octanol–water partition coefficient (Wildman–Crippen LogP) is 3.01. The fraction of sp³-hybridized carbons (Fsp3) is 0.938. The molecule has 0 radical (unpaired) electrons. The second kappa shape index (κ2) is 7.88. The average Bonchev–Trinajstić information content (AvgIpc) is 2.83. The largest absolute Gasteiger partial charge is 0.393 e. The van der Waals surface area contributed by atoms with Gasteiger partial charge in [-0.15, -0.1) is 0 Å². The Bertz CT molecular complexity index is 274. The van der Waals surface area contributed by atoms with E-state index in [1.165, 1.54) is 38.5 Å². The van der Waals surface area contributed by atoms with Crippen LogP contribution in [0, 0.1) is 11.8 Å². The Morgan fingerprint density at radius 1 is 1.05 bits per heavy atom. The first-order valence-corrected chi connectivity index (χ1v) is 8.19. The molecule has 2 aliphatic rings. The zero-order valence-electron chi connectivity index (χ0n) is 12.1. The molecule has 0 aromatic carbocycles. The Morgan fingerprint density at radius 3 is 2.53 bits per heavy atom. The van der Waals surface area contributed by atoms with Gasteiger partial charge in [0, 0.05) is 13.0 Å². The molecule has 0 spiro atoms. The van der Waals surface area contributed by atoms with Gasteiger partial charge in [-0.1, -0.05) is 32.1 Å². The van der Waals surface area contributed by atoms with Gasteiger partial charge in [-0.05, 0) is 43.9 Å². The van der Waals surface area contributed by atoms with Crippen molar-refractivity contribution in [1.29, 1.82) is 0 Å². The zero-order chi connectivity index (χ0) is 13.5. The molecule has 3 heteroatoms. The number of rotatable bonds is 6. The summed E-state index contributed by atoms with van der Waals surface area (Å²) in [5.41, 5.74) is 0. The summed E-state index contributed by atoms with van der Waals surface area (Å²) in [4.78, 5) is 11.7. The summed E-state index contributed by atoms with van der Waals surface area (Å²) in [6, 6.07) is 0. The van der Waals surface area contributed by atoms with E-state index in [-0.39, 0.29) is 12.0 Å². The SMILES string of the molecule is O=C(CCCC1CCCCC1)NCC1CCC(O)C1. The number of hydrogen-bond donors (Lipinski definition) is 2. The van der Waals surface area contributed by atoms with Crippen LogP contribution in [0.25, 0.3) is 0 Å². The lowest BCUT2D eigenvalue weighted by Gasteiger charge is -2.21. The highest BCUT2D eigenvalue weighted by atomic mass is 16.3. The van der Waals surface area contributed by atoms with E-state index in [9.17, 15) is 9.90 Å². The maximum atomic E-state index is 11.7. The molecule has 3 nitrogen and oxygen atoms in total. The van der Waals surface area contributed by atoms with Gasteiger partial charge >= 0.3 is 0 Å². The third-order valence-electron chi connectivity index (χ3n) is 4.84. The third kappa shape index (κ3) is 5.52. The van der Waals surface area contributed by atoms with E-state index in [2.05, 4.69) is 5.32 Å². The van der Waals surface area contributed by atoms with Crippen LogP contribution in [0.3, 0.4) is 0 Å². The molecule has 0 heterocycles. The van der Waals surface area contributed by atoms with Crippen molar-refractivity contribution in [3.05, 3.63) is 0 Å². The average molecular weight is 267 g/mol. The van der Waals surface area contributed by atoms with Crippen LogP contribution >= 0.6 is 0 Å². The smallest absolute Gasteiger partial charge is 0.220 e. The summed E-state index contributed by atoms with van der Waals surface area (Å²) in [7, 11) is 0. The minimum Gasteiger partial charge on any atom is -0.393 e. The first kappa shape index (κ1) is 14.8. The van der Waals surface area contributed by atoms with Gasteiger partial charge in [-0.25, -0.2) is 0 Å². The molecule has 110 valence electrons. The Kier molecular flexibility index (Phi) is 6.15. The van der Waals surface area contributed by atoms with E-state index < -0.39 is 0 Å². The quantitative estimate of drug-likeness (QED) is 0.777. The lowest BCUT2D eigenvalue weighted by Crippen LogP contribution is -2.28. The highest BCUT2D eigenvalue weighted by molar-refractivity contribution is 5.75. The van der Waals surface area contributed by atoms with E-state index in [0.29, 0.717) is 12.3 Å². The van der Waals surface area contributed by atoms with Gasteiger partial charge < -0.3 is 10.4 Å². The van der Waals surface area contributed by atoms with Crippen molar-refractivity contribution in [2.24, 2.45) is 11.8 Å². The maximum Gasteiger partial charge on any atom is 0.220 e. The molecule has 0 aliphatic heterocycles. The van der Waals surface area contributed by atoms with Gasteiger partial charge in [0.1, 0.15) is 0 Å². The van der Waals surface area contributed by atoms with Gasteiger partial charge in [-0.2, -0.15) is 0 Å². The first-order chi connectivity index (χ1) is 9.24. The molecular weight excluding hydrogens is 238 g/mol. The van der Waals surface area contributed by atoms with E-state index in [1.54, 1.807) is 0 Å². The lowest BCUT2D eigenvalue weighted by molar-refractivity contribution is -0.121. The summed E-state index contributed by atoms with van der Waals surface area (Å²) >= 11 is 0. The highest BCUT2D eigenvalue weighted by Crippen LogP contribution is 2.27. The number of carbonyl (C=O) groups excluding carboxylic acids is 1. The van der Waals surface area contributed by atoms with Gasteiger partial charge in [-0.3, -0.25) is 4.79 Å². The molecule has 2 rings (SSSR count). The van der Waals surface area contributed by atoms with E-state index >= 15 is 0 Å². The van der Waals surface area contributed by atoms with Crippen LogP contribution in [0.15, 0.2) is 0 Å². The van der Waals surface area contributed by atoms with Crippen molar-refractivity contribution in [3.8, 4) is 0 Å². The van der Waals surface area contributed by atoms with Gasteiger partial charge in [0.25, 0.3) is 0 Å². The van der Waals surface area contributed by atoms with E-state index in [1.807, 2.05) is 0 Å². The second-order valence-corrected chi connectivity index (χ2v) is 6.53. The second-order valence-electron chi connectivity index (χ2n) is 6.53. The van der Waals surface area contributed by atoms with Crippen molar-refractivity contribution in [2.75, 3.05) is 6.54 Å². The fourth-order valence-electron chi connectivity index (χ4n) is 3.61. The minimum atomic E-state index is -0.131. The molecule has 0 aromatic heterocycles. The topological polar surface area (TPSA) is 49.3 Å². The maximum absolute atomic E-state index is 11.7. The van der Waals surface area contributed by atoms with Crippen LogP contribution in [0.5, 0.6) is 0 Å². The summed E-state index contributed by atoms with van der Waals surface area (Å²) in [6.07, 6.45) is 12.6. The fourth-order valence-corrected chi connectivity index (χ4v) is 3.61. The molecule has 0 bridgehead atoms. The molecule has 2 atom stereocenters. The summed E-state index contributed by atoms with van der Waals surface area (Å²) in [5.74, 6) is 1.58. The number of hydrogen-bond acceptors (Lipinski definition) is 2. The summed E-state index contributed by atoms with van der Waals surface area (Å²) in [5, 5.41) is 12.5. The van der Waals surface area contributed by atoms with Crippen molar-refractivity contribution in [3.63, 3.8) is 0 Å². The summed E-state index contributed by atoms with van der Waals surface area (Å²) < 4.78 is 0. The normalized spacial score (nSPS) is 28.5. The number of nitrogens with one attached hydrogen (secondary N) is 1. The van der Waals surface area contributed by atoms with Crippen molar-refractivity contribution < 1.29 is 9.90 Å². The molecule has 0 saturated heterocycles. The number of amides is 1. The molecular formula is C16H29NO2. The Balaban J connectivity index is 1.49. The third-order valence-corrected chi connectivity index (χ3v) is 4.84. The number of carbonyl (C=O) groups is 1. The van der Waals surface area contributed by atoms with E-state index in [4.69, 9.17) is 0 Å². The van der Waals surface area contributed by atoms with Crippen LogP contribution in [0.2, 0.25) is 0 Å². The van der Waals surface area contributed by atoms with Gasteiger partial charge in [0.05, 0.1) is 6.10 Å². The highest BCUT2D eigenvalue weighted by Gasteiger charge is 2.22. The van der Waals surface area contributed by atoms with Crippen LogP contribution < -0.4 is 5.32 Å². The Hall–Kier alpha value is -0.570. The Morgan fingerprint density at radius 2 is 1.84 bits per heavy atom. The van der Waals surface area contributed by atoms with Crippen molar-refractivity contribution >= 4 is 5.91 Å². The summed E-state index contributed by atoms with van der Waals surface area (Å²) in [6.45, 7) is 0.763. The zero-order valence-corrected chi connectivity index (χ0v) is 12.1. The van der Waals surface area contributed by atoms with Crippen molar-refractivity contribution in [2.45, 2.75) is 76.7 Å². The number of aliphatic hydroxyl groups is 1. The molecule has 0 aromatic rings. The molecule has 1 amide bonds. The van der Waals surface area contributed by atoms with Crippen LogP contribution in [0.4, 0.5) is 0 Å². The van der Waals surface area contributed by atoms with Crippen LogP contribution in [0.1, 0.15) is 70.6 Å².